The highest BCUT2D eigenvalue weighted by atomic mass is 32.2. The molecule has 29 heavy (non-hydrogen) atoms. The first-order valence-electron chi connectivity index (χ1n) is 9.58. The molecule has 0 aromatic heterocycles. The van der Waals surface area contributed by atoms with Gasteiger partial charge in [0.1, 0.15) is 12.4 Å². The number of benzene rings is 2. The van der Waals surface area contributed by atoms with Gasteiger partial charge in [-0.3, -0.25) is 4.90 Å². The Morgan fingerprint density at radius 1 is 0.931 bits per heavy atom. The van der Waals surface area contributed by atoms with Gasteiger partial charge in [-0.2, -0.15) is 4.31 Å². The number of hydrogen-bond acceptors (Lipinski definition) is 6. The van der Waals surface area contributed by atoms with Crippen LogP contribution in [-0.4, -0.2) is 71.2 Å². The lowest BCUT2D eigenvalue weighted by molar-refractivity contribution is 0.159. The molecule has 0 bridgehead atoms. The zero-order chi connectivity index (χ0) is 20.9. The molecule has 3 rings (SSSR count). The van der Waals surface area contributed by atoms with E-state index >= 15 is 0 Å². The molecule has 1 aliphatic rings. The fraction of sp³-hybridized carbons (Fsp3) is 0.429. The second-order valence-electron chi connectivity index (χ2n) is 6.93. The largest absolute Gasteiger partial charge is 0.493 e. The summed E-state index contributed by atoms with van der Waals surface area (Å²) in [6, 6.07) is 12.6. The molecule has 1 fully saturated rings. The Hall–Kier alpha value is -2.29. The van der Waals surface area contributed by atoms with E-state index in [0.29, 0.717) is 44.3 Å². The van der Waals surface area contributed by atoms with E-state index < -0.39 is 10.0 Å². The molecule has 0 unspecified atom stereocenters. The molecular weight excluding hydrogens is 392 g/mol. The first-order valence-corrected chi connectivity index (χ1v) is 11.0. The minimum Gasteiger partial charge on any atom is -0.493 e. The predicted molar refractivity (Wildman–Crippen MR) is 111 cm³/mol. The van der Waals surface area contributed by atoms with Crippen LogP contribution in [0.3, 0.4) is 0 Å². The third kappa shape index (κ3) is 5.20. The fourth-order valence-electron chi connectivity index (χ4n) is 3.32. The quantitative estimate of drug-likeness (QED) is 0.653. The fourth-order valence-corrected chi connectivity index (χ4v) is 4.76. The summed E-state index contributed by atoms with van der Waals surface area (Å²) in [6.45, 7) is 5.60. The number of hydrogen-bond donors (Lipinski definition) is 0. The summed E-state index contributed by atoms with van der Waals surface area (Å²) in [5.74, 6) is 1.77. The van der Waals surface area contributed by atoms with Gasteiger partial charge in [-0.05, 0) is 36.8 Å². The molecule has 1 heterocycles. The minimum atomic E-state index is -3.57. The zero-order valence-electron chi connectivity index (χ0n) is 17.1. The number of sulfonamides is 1. The second kappa shape index (κ2) is 9.47. The van der Waals surface area contributed by atoms with E-state index in [1.165, 1.54) is 24.6 Å². The number of ether oxygens (including phenoxy) is 3. The average molecular weight is 421 g/mol. The van der Waals surface area contributed by atoms with Crippen LogP contribution in [0.5, 0.6) is 17.2 Å². The Labute approximate surface area is 172 Å². The molecule has 0 N–H and O–H groups in total. The van der Waals surface area contributed by atoms with Gasteiger partial charge in [-0.15, -0.1) is 0 Å². The van der Waals surface area contributed by atoms with Gasteiger partial charge in [-0.25, -0.2) is 8.42 Å². The highest BCUT2D eigenvalue weighted by molar-refractivity contribution is 7.89. The average Bonchev–Trinajstić information content (AvgIpc) is 2.73. The lowest BCUT2D eigenvalue weighted by Gasteiger charge is -2.33. The zero-order valence-corrected chi connectivity index (χ0v) is 17.9. The van der Waals surface area contributed by atoms with Crippen molar-refractivity contribution in [1.82, 2.24) is 9.21 Å². The van der Waals surface area contributed by atoms with Gasteiger partial charge in [0.2, 0.25) is 10.0 Å². The lowest BCUT2D eigenvalue weighted by Crippen LogP contribution is -2.49. The molecule has 0 amide bonds. The molecule has 0 spiro atoms. The van der Waals surface area contributed by atoms with Crippen molar-refractivity contribution >= 4 is 10.0 Å². The van der Waals surface area contributed by atoms with Crippen LogP contribution in [0.25, 0.3) is 0 Å². The van der Waals surface area contributed by atoms with Crippen molar-refractivity contribution in [3.8, 4) is 17.2 Å². The summed E-state index contributed by atoms with van der Waals surface area (Å²) >= 11 is 0. The maximum absolute atomic E-state index is 13.0. The molecule has 7 nitrogen and oxygen atoms in total. The molecule has 2 aromatic rings. The summed E-state index contributed by atoms with van der Waals surface area (Å²) in [6.07, 6.45) is 0. The van der Waals surface area contributed by atoms with Crippen LogP contribution in [0.15, 0.2) is 47.4 Å². The van der Waals surface area contributed by atoms with E-state index in [4.69, 9.17) is 14.2 Å². The van der Waals surface area contributed by atoms with Crippen molar-refractivity contribution in [3.63, 3.8) is 0 Å². The molecule has 1 aliphatic heterocycles. The molecule has 0 aliphatic carbocycles. The monoisotopic (exact) mass is 420 g/mol. The van der Waals surface area contributed by atoms with Crippen molar-refractivity contribution < 1.29 is 22.6 Å². The Bertz CT molecular complexity index is 924. The minimum absolute atomic E-state index is 0.214. The summed E-state index contributed by atoms with van der Waals surface area (Å²) in [7, 11) is -0.558. The van der Waals surface area contributed by atoms with Crippen molar-refractivity contribution in [3.05, 3.63) is 48.0 Å². The standard InChI is InChI=1S/C21H28N2O5S/c1-17-5-4-6-18(15-17)28-14-13-22-9-11-23(12-10-22)29(24,25)19-7-8-20(26-2)21(16-19)27-3/h4-8,15-16H,9-14H2,1-3H3. The normalized spacial score (nSPS) is 15.8. The van der Waals surface area contributed by atoms with E-state index in [0.717, 1.165) is 17.9 Å². The Morgan fingerprint density at radius 2 is 1.66 bits per heavy atom. The van der Waals surface area contributed by atoms with Crippen molar-refractivity contribution in [2.45, 2.75) is 11.8 Å². The summed E-state index contributed by atoms with van der Waals surface area (Å²) < 4.78 is 43.7. The van der Waals surface area contributed by atoms with Crippen molar-refractivity contribution in [1.29, 1.82) is 0 Å². The number of rotatable bonds is 8. The van der Waals surface area contributed by atoms with Crippen LogP contribution < -0.4 is 14.2 Å². The molecular formula is C21H28N2O5S. The molecule has 0 atom stereocenters. The van der Waals surface area contributed by atoms with Crippen LogP contribution in [0, 0.1) is 6.92 Å². The second-order valence-corrected chi connectivity index (χ2v) is 8.87. The van der Waals surface area contributed by atoms with Crippen LogP contribution >= 0.6 is 0 Å². The Kier molecular flexibility index (Phi) is 7.00. The molecule has 2 aromatic carbocycles. The third-order valence-electron chi connectivity index (χ3n) is 4.99. The number of methoxy groups -OCH3 is 2. The van der Waals surface area contributed by atoms with E-state index in [1.54, 1.807) is 12.1 Å². The summed E-state index contributed by atoms with van der Waals surface area (Å²) in [5.41, 5.74) is 1.16. The number of nitrogens with zero attached hydrogens (tertiary/aromatic N) is 2. The highest BCUT2D eigenvalue weighted by Crippen LogP contribution is 2.30. The maximum atomic E-state index is 13.0. The SMILES string of the molecule is COc1ccc(S(=O)(=O)N2CCN(CCOc3cccc(C)c3)CC2)cc1OC. The maximum Gasteiger partial charge on any atom is 0.243 e. The third-order valence-corrected chi connectivity index (χ3v) is 6.88. The van der Waals surface area contributed by atoms with E-state index in [9.17, 15) is 8.42 Å². The number of aryl methyl sites for hydroxylation is 1. The van der Waals surface area contributed by atoms with Gasteiger partial charge < -0.3 is 14.2 Å². The van der Waals surface area contributed by atoms with Crippen LogP contribution in [0.4, 0.5) is 0 Å². The van der Waals surface area contributed by atoms with E-state index in [-0.39, 0.29) is 4.90 Å². The smallest absolute Gasteiger partial charge is 0.243 e. The Balaban J connectivity index is 1.54. The van der Waals surface area contributed by atoms with Gasteiger partial charge >= 0.3 is 0 Å². The first-order chi connectivity index (χ1) is 13.9. The first kappa shape index (κ1) is 21.4. The highest BCUT2D eigenvalue weighted by Gasteiger charge is 2.29. The topological polar surface area (TPSA) is 68.3 Å². The van der Waals surface area contributed by atoms with Gasteiger partial charge in [-0.1, -0.05) is 12.1 Å². The summed E-state index contributed by atoms with van der Waals surface area (Å²) in [4.78, 5) is 2.43. The molecule has 0 radical (unpaired) electrons. The van der Waals surface area contributed by atoms with Crippen molar-refractivity contribution in [2.75, 3.05) is 53.6 Å². The van der Waals surface area contributed by atoms with E-state index in [1.807, 2.05) is 31.2 Å². The van der Waals surface area contributed by atoms with E-state index in [2.05, 4.69) is 4.90 Å². The molecule has 158 valence electrons. The molecule has 0 saturated carbocycles. The van der Waals surface area contributed by atoms with Gasteiger partial charge in [0.15, 0.2) is 11.5 Å². The Morgan fingerprint density at radius 3 is 2.31 bits per heavy atom. The van der Waals surface area contributed by atoms with Crippen LogP contribution in [0.1, 0.15) is 5.56 Å². The summed E-state index contributed by atoms with van der Waals surface area (Å²) in [5, 5.41) is 0. The lowest BCUT2D eigenvalue weighted by atomic mass is 10.2. The van der Waals surface area contributed by atoms with Crippen LogP contribution in [-0.2, 0) is 10.0 Å². The van der Waals surface area contributed by atoms with Gasteiger partial charge in [0, 0.05) is 38.8 Å². The van der Waals surface area contributed by atoms with Crippen LogP contribution in [0.2, 0.25) is 0 Å². The van der Waals surface area contributed by atoms with Gasteiger partial charge in [0.05, 0.1) is 19.1 Å². The molecule has 8 heteroatoms. The molecule has 1 saturated heterocycles. The van der Waals surface area contributed by atoms with Crippen molar-refractivity contribution in [2.24, 2.45) is 0 Å². The predicted octanol–water partition coefficient (Wildman–Crippen LogP) is 2.40. The van der Waals surface area contributed by atoms with Gasteiger partial charge in [0.25, 0.3) is 0 Å². The number of piperazine rings is 1.